The number of nitrogens with one attached hydrogen (secondary N) is 1. The van der Waals surface area contributed by atoms with Gasteiger partial charge in [-0.25, -0.2) is 0 Å². The number of aryl methyl sites for hydroxylation is 1. The molecule has 1 fully saturated rings. The molecule has 1 aromatic carbocycles. The van der Waals surface area contributed by atoms with E-state index in [0.29, 0.717) is 6.04 Å². The molecular formula is C19H30BrN. The van der Waals surface area contributed by atoms with Crippen LogP contribution in [-0.2, 0) is 0 Å². The Labute approximate surface area is 139 Å². The zero-order chi connectivity index (χ0) is 15.4. The zero-order valence-corrected chi connectivity index (χ0v) is 15.5. The monoisotopic (exact) mass is 351 g/mol. The number of halogens is 1. The smallest absolute Gasteiger partial charge is 0.0348 e. The normalized spacial score (nSPS) is 27.6. The summed E-state index contributed by atoms with van der Waals surface area (Å²) >= 11 is 3.63. The number of hydrogen-bond acceptors (Lipinski definition) is 1. The van der Waals surface area contributed by atoms with Crippen molar-refractivity contribution >= 4 is 15.9 Å². The fourth-order valence-electron chi connectivity index (χ4n) is 4.00. The maximum Gasteiger partial charge on any atom is 0.0348 e. The van der Waals surface area contributed by atoms with Gasteiger partial charge in [0.05, 0.1) is 0 Å². The summed E-state index contributed by atoms with van der Waals surface area (Å²) in [6, 6.07) is 7.39. The highest BCUT2D eigenvalue weighted by Crippen LogP contribution is 2.40. The SMILES string of the molecule is CCCNC(c1ccc(Br)c(C)c1)C1CC(C)CC(C)C1. The van der Waals surface area contributed by atoms with Crippen LogP contribution in [0.2, 0.25) is 0 Å². The first-order chi connectivity index (χ1) is 10.0. The molecule has 1 aliphatic carbocycles. The largest absolute Gasteiger partial charge is 0.310 e. The molecule has 2 heteroatoms. The second kappa shape index (κ2) is 7.78. The van der Waals surface area contributed by atoms with Gasteiger partial charge in [-0.05, 0) is 74.1 Å². The molecule has 0 amide bonds. The summed E-state index contributed by atoms with van der Waals surface area (Å²) in [5, 5.41) is 3.83. The Hall–Kier alpha value is -0.340. The molecule has 0 aliphatic heterocycles. The van der Waals surface area contributed by atoms with Crippen molar-refractivity contribution in [2.24, 2.45) is 17.8 Å². The summed E-state index contributed by atoms with van der Waals surface area (Å²) in [6.45, 7) is 10.4. The van der Waals surface area contributed by atoms with E-state index in [2.05, 4.69) is 67.1 Å². The first-order valence-corrected chi connectivity index (χ1v) is 9.30. The standard InChI is InChI=1S/C19H30BrN/c1-5-8-21-19(16-6-7-18(20)15(4)12-16)17-10-13(2)9-14(3)11-17/h6-7,12-14,17,19,21H,5,8-11H2,1-4H3. The molecule has 3 atom stereocenters. The Morgan fingerprint density at radius 2 is 1.86 bits per heavy atom. The minimum Gasteiger partial charge on any atom is -0.310 e. The van der Waals surface area contributed by atoms with E-state index in [9.17, 15) is 0 Å². The molecule has 21 heavy (non-hydrogen) atoms. The molecule has 0 aromatic heterocycles. The summed E-state index contributed by atoms with van der Waals surface area (Å²) in [7, 11) is 0. The van der Waals surface area contributed by atoms with Gasteiger partial charge in [-0.15, -0.1) is 0 Å². The quantitative estimate of drug-likeness (QED) is 0.699. The van der Waals surface area contributed by atoms with Gasteiger partial charge >= 0.3 is 0 Å². The first-order valence-electron chi connectivity index (χ1n) is 8.50. The number of rotatable bonds is 5. The van der Waals surface area contributed by atoms with Crippen LogP contribution in [-0.4, -0.2) is 6.54 Å². The molecule has 1 nitrogen and oxygen atoms in total. The van der Waals surface area contributed by atoms with E-state index >= 15 is 0 Å². The maximum absolute atomic E-state index is 3.83. The van der Waals surface area contributed by atoms with Crippen LogP contribution in [0.25, 0.3) is 0 Å². The van der Waals surface area contributed by atoms with Crippen LogP contribution >= 0.6 is 15.9 Å². The summed E-state index contributed by atoms with van der Waals surface area (Å²) in [5.74, 6) is 2.50. The summed E-state index contributed by atoms with van der Waals surface area (Å²) in [6.07, 6.45) is 5.32. The molecule has 0 heterocycles. The molecular weight excluding hydrogens is 322 g/mol. The van der Waals surface area contributed by atoms with Crippen molar-refractivity contribution in [3.63, 3.8) is 0 Å². The molecule has 0 bridgehead atoms. The van der Waals surface area contributed by atoms with Crippen molar-refractivity contribution in [3.8, 4) is 0 Å². The van der Waals surface area contributed by atoms with Gasteiger partial charge in [0.2, 0.25) is 0 Å². The zero-order valence-electron chi connectivity index (χ0n) is 14.0. The van der Waals surface area contributed by atoms with Crippen molar-refractivity contribution in [2.75, 3.05) is 6.54 Å². The average molecular weight is 352 g/mol. The van der Waals surface area contributed by atoms with Crippen LogP contribution in [0.15, 0.2) is 22.7 Å². The highest BCUT2D eigenvalue weighted by atomic mass is 79.9. The molecule has 0 radical (unpaired) electrons. The fraction of sp³-hybridized carbons (Fsp3) is 0.684. The Kier molecular flexibility index (Phi) is 6.31. The highest BCUT2D eigenvalue weighted by Gasteiger charge is 2.30. The Morgan fingerprint density at radius 3 is 2.43 bits per heavy atom. The lowest BCUT2D eigenvalue weighted by Crippen LogP contribution is -2.33. The van der Waals surface area contributed by atoms with E-state index in [1.165, 1.54) is 41.3 Å². The van der Waals surface area contributed by atoms with Crippen LogP contribution in [0.5, 0.6) is 0 Å². The van der Waals surface area contributed by atoms with Gasteiger partial charge in [-0.2, -0.15) is 0 Å². The van der Waals surface area contributed by atoms with Crippen LogP contribution in [0, 0.1) is 24.7 Å². The van der Waals surface area contributed by atoms with Gasteiger partial charge in [0, 0.05) is 10.5 Å². The van der Waals surface area contributed by atoms with E-state index < -0.39 is 0 Å². The van der Waals surface area contributed by atoms with Gasteiger partial charge in [0.15, 0.2) is 0 Å². The predicted octanol–water partition coefficient (Wildman–Crippen LogP) is 5.87. The van der Waals surface area contributed by atoms with Crippen LogP contribution < -0.4 is 5.32 Å². The Bertz CT molecular complexity index is 447. The third kappa shape index (κ3) is 4.56. The molecule has 1 aromatic rings. The van der Waals surface area contributed by atoms with Gasteiger partial charge in [0.1, 0.15) is 0 Å². The van der Waals surface area contributed by atoms with Gasteiger partial charge in [-0.1, -0.05) is 48.8 Å². The van der Waals surface area contributed by atoms with Gasteiger partial charge in [0.25, 0.3) is 0 Å². The lowest BCUT2D eigenvalue weighted by Gasteiger charge is -2.37. The molecule has 1 N–H and O–H groups in total. The highest BCUT2D eigenvalue weighted by molar-refractivity contribution is 9.10. The predicted molar refractivity (Wildman–Crippen MR) is 95.6 cm³/mol. The minimum atomic E-state index is 0.516. The van der Waals surface area contributed by atoms with E-state index in [4.69, 9.17) is 0 Å². The second-order valence-corrected chi connectivity index (χ2v) is 7.97. The van der Waals surface area contributed by atoms with Gasteiger partial charge < -0.3 is 5.32 Å². The van der Waals surface area contributed by atoms with E-state index in [1.54, 1.807) is 0 Å². The molecule has 0 saturated heterocycles. The average Bonchev–Trinajstić information content (AvgIpc) is 2.42. The van der Waals surface area contributed by atoms with Crippen LogP contribution in [0.3, 0.4) is 0 Å². The molecule has 3 unspecified atom stereocenters. The molecule has 1 saturated carbocycles. The summed E-state index contributed by atoms with van der Waals surface area (Å²) in [4.78, 5) is 0. The third-order valence-corrected chi connectivity index (χ3v) is 5.73. The molecule has 1 aliphatic rings. The Balaban J connectivity index is 2.22. The van der Waals surface area contributed by atoms with E-state index in [0.717, 1.165) is 24.3 Å². The number of benzene rings is 1. The minimum absolute atomic E-state index is 0.516. The van der Waals surface area contributed by atoms with E-state index in [1.807, 2.05) is 0 Å². The van der Waals surface area contributed by atoms with Crippen molar-refractivity contribution in [2.45, 2.75) is 59.4 Å². The van der Waals surface area contributed by atoms with E-state index in [-0.39, 0.29) is 0 Å². The molecule has 118 valence electrons. The van der Waals surface area contributed by atoms with Crippen molar-refractivity contribution in [3.05, 3.63) is 33.8 Å². The molecule has 2 rings (SSSR count). The van der Waals surface area contributed by atoms with Crippen LogP contribution in [0.1, 0.15) is 63.6 Å². The van der Waals surface area contributed by atoms with Crippen molar-refractivity contribution < 1.29 is 0 Å². The fourth-order valence-corrected chi connectivity index (χ4v) is 4.25. The Morgan fingerprint density at radius 1 is 1.19 bits per heavy atom. The third-order valence-electron chi connectivity index (χ3n) is 4.84. The molecule has 0 spiro atoms. The summed E-state index contributed by atoms with van der Waals surface area (Å²) < 4.78 is 1.21. The van der Waals surface area contributed by atoms with Crippen molar-refractivity contribution in [1.29, 1.82) is 0 Å². The summed E-state index contributed by atoms with van der Waals surface area (Å²) in [5.41, 5.74) is 2.81. The first kappa shape index (κ1) is 17.0. The second-order valence-electron chi connectivity index (χ2n) is 7.12. The lowest BCUT2D eigenvalue weighted by molar-refractivity contribution is 0.176. The van der Waals surface area contributed by atoms with Crippen molar-refractivity contribution in [1.82, 2.24) is 5.32 Å². The number of hydrogen-bond donors (Lipinski definition) is 1. The maximum atomic E-state index is 3.83. The lowest BCUT2D eigenvalue weighted by atomic mass is 9.72. The van der Waals surface area contributed by atoms with Crippen LogP contribution in [0.4, 0.5) is 0 Å². The topological polar surface area (TPSA) is 12.0 Å². The van der Waals surface area contributed by atoms with Gasteiger partial charge in [-0.3, -0.25) is 0 Å².